The van der Waals surface area contributed by atoms with Crippen molar-refractivity contribution in [1.82, 2.24) is 4.90 Å². The summed E-state index contributed by atoms with van der Waals surface area (Å²) in [4.78, 5) is 28.0. The molecule has 2 aliphatic heterocycles. The molecule has 1 amide bonds. The molecule has 1 saturated heterocycles. The van der Waals surface area contributed by atoms with E-state index >= 15 is 0 Å². The number of nitrogens with zero attached hydrogens (tertiary/aromatic N) is 1. The van der Waals surface area contributed by atoms with Crippen LogP contribution in [-0.2, 0) is 22.6 Å². The third-order valence-electron chi connectivity index (χ3n) is 6.31. The van der Waals surface area contributed by atoms with Crippen molar-refractivity contribution in [2.24, 2.45) is 0 Å². The number of rotatable bonds is 5. The highest BCUT2D eigenvalue weighted by Gasteiger charge is 2.46. The van der Waals surface area contributed by atoms with Gasteiger partial charge in [-0.2, -0.15) is 0 Å². The molecule has 6 nitrogen and oxygen atoms in total. The minimum Gasteiger partial charge on any atom is -0.507 e. The molecule has 2 aliphatic rings. The number of aliphatic hydroxyl groups is 1. The first-order valence-electron chi connectivity index (χ1n) is 11.2. The lowest BCUT2D eigenvalue weighted by atomic mass is 9.94. The number of hydrogen-bond acceptors (Lipinski definition) is 5. The zero-order chi connectivity index (χ0) is 23.8. The molecule has 1 N–H and O–H groups in total. The van der Waals surface area contributed by atoms with Gasteiger partial charge in [-0.05, 0) is 53.9 Å². The van der Waals surface area contributed by atoms with Gasteiger partial charge in [-0.1, -0.05) is 42.5 Å². The Kier molecular flexibility index (Phi) is 5.57. The number of benzene rings is 3. The summed E-state index contributed by atoms with van der Waals surface area (Å²) in [6.45, 7) is 2.22. The van der Waals surface area contributed by atoms with Crippen LogP contribution in [0.3, 0.4) is 0 Å². The monoisotopic (exact) mass is 455 g/mol. The van der Waals surface area contributed by atoms with Crippen LogP contribution < -0.4 is 9.47 Å². The second-order valence-corrected chi connectivity index (χ2v) is 8.64. The zero-order valence-electron chi connectivity index (χ0n) is 19.0. The van der Waals surface area contributed by atoms with Gasteiger partial charge in [0.15, 0.2) is 0 Å². The number of hydrogen-bond donors (Lipinski definition) is 1. The molecule has 0 aliphatic carbocycles. The highest BCUT2D eigenvalue weighted by molar-refractivity contribution is 6.46. The maximum absolute atomic E-state index is 13.3. The topological polar surface area (TPSA) is 76.1 Å². The summed E-state index contributed by atoms with van der Waals surface area (Å²) < 4.78 is 11.1. The zero-order valence-corrected chi connectivity index (χ0v) is 19.0. The van der Waals surface area contributed by atoms with E-state index in [0.717, 1.165) is 23.3 Å². The standard InChI is InChI=1S/C28H25NO5/c1-17-13-21-14-20(11-12-23(21)34-17)26(30)24-25(19-9-6-10-22(15-19)33-2)29(28(32)27(24)31)16-18-7-4-3-5-8-18/h3-12,14-15,17,25,30H,13,16H2,1-2H3. The van der Waals surface area contributed by atoms with E-state index in [2.05, 4.69) is 0 Å². The molecular weight excluding hydrogens is 430 g/mol. The number of carbonyl (C=O) groups is 2. The lowest BCUT2D eigenvalue weighted by Gasteiger charge is -2.25. The van der Waals surface area contributed by atoms with Crippen LogP contribution >= 0.6 is 0 Å². The Bertz CT molecular complexity index is 1300. The number of likely N-dealkylation sites (tertiary alicyclic amines) is 1. The Labute approximate surface area is 198 Å². The fraction of sp³-hybridized carbons (Fsp3) is 0.214. The van der Waals surface area contributed by atoms with Crippen molar-refractivity contribution in [3.63, 3.8) is 0 Å². The molecule has 2 atom stereocenters. The molecule has 2 unspecified atom stereocenters. The van der Waals surface area contributed by atoms with Gasteiger partial charge in [-0.15, -0.1) is 0 Å². The van der Waals surface area contributed by atoms with Crippen molar-refractivity contribution >= 4 is 17.4 Å². The van der Waals surface area contributed by atoms with E-state index in [1.807, 2.05) is 55.5 Å². The highest BCUT2D eigenvalue weighted by Crippen LogP contribution is 2.42. The smallest absolute Gasteiger partial charge is 0.295 e. The van der Waals surface area contributed by atoms with E-state index in [1.165, 1.54) is 4.90 Å². The van der Waals surface area contributed by atoms with Crippen LogP contribution in [-0.4, -0.2) is 34.9 Å². The average molecular weight is 456 g/mol. The molecule has 172 valence electrons. The predicted molar refractivity (Wildman–Crippen MR) is 128 cm³/mol. The van der Waals surface area contributed by atoms with Crippen LogP contribution in [0, 0.1) is 0 Å². The highest BCUT2D eigenvalue weighted by atomic mass is 16.5. The molecule has 3 aromatic carbocycles. The molecule has 0 saturated carbocycles. The van der Waals surface area contributed by atoms with Crippen LogP contribution in [0.1, 0.15) is 35.2 Å². The number of ether oxygens (including phenoxy) is 2. The van der Waals surface area contributed by atoms with Gasteiger partial charge in [0.05, 0.1) is 18.7 Å². The van der Waals surface area contributed by atoms with E-state index < -0.39 is 17.7 Å². The van der Waals surface area contributed by atoms with Gasteiger partial charge in [0.1, 0.15) is 23.4 Å². The van der Waals surface area contributed by atoms with E-state index in [1.54, 1.807) is 31.4 Å². The molecule has 0 aromatic heterocycles. The Morgan fingerprint density at radius 3 is 2.62 bits per heavy atom. The number of aliphatic hydroxyl groups excluding tert-OH is 1. The second kappa shape index (κ2) is 8.71. The third kappa shape index (κ3) is 3.81. The molecule has 1 fully saturated rings. The van der Waals surface area contributed by atoms with E-state index in [4.69, 9.17) is 9.47 Å². The van der Waals surface area contributed by atoms with Gasteiger partial charge in [0, 0.05) is 18.5 Å². The first-order chi connectivity index (χ1) is 16.5. The molecule has 34 heavy (non-hydrogen) atoms. The minimum absolute atomic E-state index is 0.0561. The molecule has 0 bridgehead atoms. The fourth-order valence-electron chi connectivity index (χ4n) is 4.71. The number of carbonyl (C=O) groups excluding carboxylic acids is 2. The second-order valence-electron chi connectivity index (χ2n) is 8.64. The lowest BCUT2D eigenvalue weighted by Crippen LogP contribution is -2.29. The molecule has 0 radical (unpaired) electrons. The van der Waals surface area contributed by atoms with Gasteiger partial charge >= 0.3 is 0 Å². The van der Waals surface area contributed by atoms with Crippen LogP contribution in [0.15, 0.2) is 78.4 Å². The molecule has 0 spiro atoms. The number of fused-ring (bicyclic) bond motifs is 1. The molecule has 6 heteroatoms. The van der Waals surface area contributed by atoms with Crippen molar-refractivity contribution in [2.45, 2.75) is 32.0 Å². The Morgan fingerprint density at radius 2 is 1.85 bits per heavy atom. The summed E-state index contributed by atoms with van der Waals surface area (Å²) in [5.41, 5.74) is 3.10. The van der Waals surface area contributed by atoms with Crippen molar-refractivity contribution < 1.29 is 24.2 Å². The maximum atomic E-state index is 13.3. The number of amides is 1. The minimum atomic E-state index is -0.751. The molecule has 2 heterocycles. The van der Waals surface area contributed by atoms with Gasteiger partial charge < -0.3 is 19.5 Å². The van der Waals surface area contributed by atoms with Crippen molar-refractivity contribution in [2.75, 3.05) is 7.11 Å². The average Bonchev–Trinajstić information content (AvgIpc) is 3.35. The van der Waals surface area contributed by atoms with Gasteiger partial charge in [0.25, 0.3) is 11.7 Å². The van der Waals surface area contributed by atoms with E-state index in [-0.39, 0.29) is 24.0 Å². The van der Waals surface area contributed by atoms with Gasteiger partial charge in [-0.25, -0.2) is 0 Å². The normalized spacial score (nSPS) is 20.8. The molecule has 5 rings (SSSR count). The fourth-order valence-corrected chi connectivity index (χ4v) is 4.71. The number of Topliss-reactive ketones (excluding diaryl/α,β-unsaturated/α-hetero) is 1. The number of ketones is 1. The summed E-state index contributed by atoms with van der Waals surface area (Å²) in [7, 11) is 1.56. The van der Waals surface area contributed by atoms with Crippen molar-refractivity contribution in [3.05, 3.63) is 101 Å². The van der Waals surface area contributed by atoms with Crippen molar-refractivity contribution in [1.29, 1.82) is 0 Å². The SMILES string of the molecule is COc1cccc(C2C(=C(O)c3ccc4c(c3)CC(C)O4)C(=O)C(=O)N2Cc2ccccc2)c1. The van der Waals surface area contributed by atoms with Crippen LogP contribution in [0.2, 0.25) is 0 Å². The van der Waals surface area contributed by atoms with Crippen LogP contribution in [0.5, 0.6) is 11.5 Å². The third-order valence-corrected chi connectivity index (χ3v) is 6.31. The summed E-state index contributed by atoms with van der Waals surface area (Å²) in [6, 6.07) is 21.3. The summed E-state index contributed by atoms with van der Waals surface area (Å²) in [6.07, 6.45) is 0.776. The Hall–Kier alpha value is -4.06. The maximum Gasteiger partial charge on any atom is 0.295 e. The van der Waals surface area contributed by atoms with E-state index in [9.17, 15) is 14.7 Å². The number of methoxy groups -OCH3 is 1. The van der Waals surface area contributed by atoms with Crippen molar-refractivity contribution in [3.8, 4) is 11.5 Å². The van der Waals surface area contributed by atoms with Crippen LogP contribution in [0.4, 0.5) is 0 Å². The molecule has 3 aromatic rings. The Balaban J connectivity index is 1.64. The van der Waals surface area contributed by atoms with E-state index in [0.29, 0.717) is 16.9 Å². The predicted octanol–water partition coefficient (Wildman–Crippen LogP) is 4.64. The lowest BCUT2D eigenvalue weighted by molar-refractivity contribution is -0.140. The summed E-state index contributed by atoms with van der Waals surface area (Å²) in [5, 5.41) is 11.4. The van der Waals surface area contributed by atoms with Gasteiger partial charge in [0.2, 0.25) is 0 Å². The largest absolute Gasteiger partial charge is 0.507 e. The summed E-state index contributed by atoms with van der Waals surface area (Å²) >= 11 is 0. The summed E-state index contributed by atoms with van der Waals surface area (Å²) in [5.74, 6) is -0.156. The van der Waals surface area contributed by atoms with Gasteiger partial charge in [-0.3, -0.25) is 9.59 Å². The Morgan fingerprint density at radius 1 is 1.06 bits per heavy atom. The first-order valence-corrected chi connectivity index (χ1v) is 11.2. The quantitative estimate of drug-likeness (QED) is 0.345. The van der Waals surface area contributed by atoms with Crippen LogP contribution in [0.25, 0.3) is 5.76 Å². The first kappa shape index (κ1) is 21.8. The molecular formula is C28H25NO5.